The molecule has 0 unspecified atom stereocenters. The van der Waals surface area contributed by atoms with E-state index in [4.69, 9.17) is 33.2 Å². The number of rotatable bonds is 14. The van der Waals surface area contributed by atoms with Gasteiger partial charge in [0.1, 0.15) is 5.60 Å². The van der Waals surface area contributed by atoms with Crippen LogP contribution in [0.25, 0.3) is 0 Å². The Kier molecular flexibility index (Phi) is 12.5. The molecular formula is C33H42O13. The van der Waals surface area contributed by atoms with Gasteiger partial charge in [-0.25, -0.2) is 24.0 Å². The predicted octanol–water partition coefficient (Wildman–Crippen LogP) is 2.72. The molecule has 4 aliphatic rings. The minimum absolute atomic E-state index is 0.0174. The van der Waals surface area contributed by atoms with Gasteiger partial charge >= 0.3 is 35.8 Å². The van der Waals surface area contributed by atoms with Crippen molar-refractivity contribution in [3.63, 3.8) is 0 Å². The summed E-state index contributed by atoms with van der Waals surface area (Å²) in [4.78, 5) is 83.1. The zero-order valence-corrected chi connectivity index (χ0v) is 27.3. The third-order valence-electron chi connectivity index (χ3n) is 7.80. The lowest BCUT2D eigenvalue weighted by Gasteiger charge is -2.52. The molecule has 2 bridgehead atoms. The molecule has 0 aromatic rings. The topological polar surface area (TPSA) is 167 Å². The highest BCUT2D eigenvalue weighted by Crippen LogP contribution is 2.59. The molecule has 0 spiro atoms. The molecule has 4 aliphatic carbocycles. The van der Waals surface area contributed by atoms with Crippen molar-refractivity contribution in [2.24, 2.45) is 23.7 Å². The lowest BCUT2D eigenvalue weighted by Crippen LogP contribution is -2.59. The molecule has 0 saturated carbocycles. The zero-order chi connectivity index (χ0) is 34.2. The van der Waals surface area contributed by atoms with E-state index < -0.39 is 81.8 Å². The Morgan fingerprint density at radius 1 is 0.587 bits per heavy atom. The summed E-state index contributed by atoms with van der Waals surface area (Å²) >= 11 is 0. The van der Waals surface area contributed by atoms with Crippen LogP contribution in [0.2, 0.25) is 0 Å². The van der Waals surface area contributed by atoms with Crippen LogP contribution in [0.3, 0.4) is 0 Å². The van der Waals surface area contributed by atoms with Crippen molar-refractivity contribution in [2.75, 3.05) is 46.2 Å². The van der Waals surface area contributed by atoms with E-state index in [9.17, 15) is 28.8 Å². The number of fused-ring (bicyclic) bond motifs is 1. The molecule has 5 atom stereocenters. The molecule has 0 heterocycles. The fourth-order valence-corrected chi connectivity index (χ4v) is 6.47. The number of carbonyl (C=O) groups excluding carboxylic acids is 6. The molecular weight excluding hydrogens is 604 g/mol. The van der Waals surface area contributed by atoms with Crippen LogP contribution < -0.4 is 0 Å². The van der Waals surface area contributed by atoms with Crippen molar-refractivity contribution < 1.29 is 61.9 Å². The second-order valence-electron chi connectivity index (χ2n) is 10.2. The maximum Gasteiger partial charge on any atom is 0.339 e. The first-order valence-corrected chi connectivity index (χ1v) is 15.6. The molecule has 0 radical (unpaired) electrons. The van der Waals surface area contributed by atoms with Gasteiger partial charge in [0.25, 0.3) is 0 Å². The standard InChI is InChI=1S/C33H42O13/c1-8-40-27(34)20-17-18-15-16-19(21(20)28(35)41-9-2)25-23(30(37)43-11-4)22(29(36)42-10-3)24(31(38)44-12-5)26(32(39)45-13-6)33(18,25)46-14-7/h15-19,21,25H,8-14H2,1-7H3/t18-,19-,21-,25-,33-/m0/s1. The van der Waals surface area contributed by atoms with Crippen LogP contribution in [-0.2, 0) is 61.9 Å². The molecule has 0 aromatic heterocycles. The number of carbonyl (C=O) groups is 6. The summed E-state index contributed by atoms with van der Waals surface area (Å²) in [6.07, 6.45) is 4.65. The van der Waals surface area contributed by atoms with Crippen molar-refractivity contribution in [1.82, 2.24) is 0 Å². The average Bonchev–Trinajstić information content (AvgIpc) is 3.27. The fourth-order valence-electron chi connectivity index (χ4n) is 6.47. The Balaban J connectivity index is 2.68. The van der Waals surface area contributed by atoms with Crippen molar-refractivity contribution in [3.8, 4) is 0 Å². The average molecular weight is 647 g/mol. The van der Waals surface area contributed by atoms with E-state index in [1.807, 2.05) is 0 Å². The predicted molar refractivity (Wildman–Crippen MR) is 159 cm³/mol. The third kappa shape index (κ3) is 6.37. The van der Waals surface area contributed by atoms with Crippen LogP contribution in [0.15, 0.2) is 46.1 Å². The van der Waals surface area contributed by atoms with Crippen molar-refractivity contribution >= 4 is 35.8 Å². The lowest BCUT2D eigenvalue weighted by molar-refractivity contribution is -0.158. The summed E-state index contributed by atoms with van der Waals surface area (Å²) in [6.45, 7) is 10.3. The third-order valence-corrected chi connectivity index (χ3v) is 7.80. The second kappa shape index (κ2) is 15.8. The molecule has 0 aliphatic heterocycles. The van der Waals surface area contributed by atoms with Gasteiger partial charge < -0.3 is 33.2 Å². The molecule has 46 heavy (non-hydrogen) atoms. The zero-order valence-electron chi connectivity index (χ0n) is 27.3. The summed E-state index contributed by atoms with van der Waals surface area (Å²) in [5.74, 6) is -10.9. The monoisotopic (exact) mass is 646 g/mol. The first kappa shape index (κ1) is 36.2. The Bertz CT molecular complexity index is 1370. The van der Waals surface area contributed by atoms with E-state index in [-0.39, 0.29) is 57.4 Å². The first-order chi connectivity index (χ1) is 22.0. The van der Waals surface area contributed by atoms with Gasteiger partial charge in [-0.3, -0.25) is 4.79 Å². The molecule has 0 N–H and O–H groups in total. The minimum atomic E-state index is -1.99. The number of hydrogen-bond donors (Lipinski definition) is 0. The van der Waals surface area contributed by atoms with E-state index in [1.165, 1.54) is 19.9 Å². The maximum absolute atomic E-state index is 14.1. The van der Waals surface area contributed by atoms with Gasteiger partial charge in [-0.15, -0.1) is 0 Å². The molecule has 13 heteroatoms. The van der Waals surface area contributed by atoms with Gasteiger partial charge in [-0.05, 0) is 48.5 Å². The molecule has 252 valence electrons. The highest BCUT2D eigenvalue weighted by atomic mass is 16.6. The van der Waals surface area contributed by atoms with Crippen LogP contribution in [-0.4, -0.2) is 87.7 Å². The van der Waals surface area contributed by atoms with E-state index in [1.54, 1.807) is 46.8 Å². The highest BCUT2D eigenvalue weighted by molar-refractivity contribution is 6.18. The summed E-state index contributed by atoms with van der Waals surface area (Å²) in [7, 11) is 0. The van der Waals surface area contributed by atoms with Crippen molar-refractivity contribution in [1.29, 1.82) is 0 Å². The van der Waals surface area contributed by atoms with Gasteiger partial charge in [-0.1, -0.05) is 18.2 Å². The van der Waals surface area contributed by atoms with E-state index in [0.29, 0.717) is 0 Å². The van der Waals surface area contributed by atoms with Gasteiger partial charge in [0, 0.05) is 29.9 Å². The largest absolute Gasteiger partial charge is 0.466 e. The summed E-state index contributed by atoms with van der Waals surface area (Å²) < 4.78 is 38.8. The molecule has 0 fully saturated rings. The van der Waals surface area contributed by atoms with Crippen LogP contribution in [0.5, 0.6) is 0 Å². The molecule has 0 saturated heterocycles. The lowest BCUT2D eigenvalue weighted by atomic mass is 9.56. The molecule has 13 nitrogen and oxygen atoms in total. The van der Waals surface area contributed by atoms with Crippen molar-refractivity contribution in [3.05, 3.63) is 46.1 Å². The highest BCUT2D eigenvalue weighted by Gasteiger charge is 2.66. The SMILES string of the molecule is CCOC(=O)C1=C[C@@H]2C=C[C@@H]([C@@H]1C(=O)OCC)[C@H]1C(C(=O)OCC)=C(C(=O)OCC)C(C(=O)OCC)=C(C(=O)OCC)[C@]21OCC. The molecule has 0 amide bonds. The van der Waals surface area contributed by atoms with E-state index >= 15 is 0 Å². The quantitative estimate of drug-likeness (QED) is 0.154. The van der Waals surface area contributed by atoms with Crippen LogP contribution in [0, 0.1) is 23.7 Å². The minimum Gasteiger partial charge on any atom is -0.466 e. The normalized spacial score (nSPS) is 24.7. The maximum atomic E-state index is 14.1. The number of allylic oxidation sites excluding steroid dienone is 1. The van der Waals surface area contributed by atoms with Gasteiger partial charge in [0.15, 0.2) is 0 Å². The van der Waals surface area contributed by atoms with E-state index in [0.717, 1.165) is 0 Å². The Morgan fingerprint density at radius 3 is 1.63 bits per heavy atom. The van der Waals surface area contributed by atoms with Gasteiger partial charge in [0.2, 0.25) is 0 Å². The number of hydrogen-bond acceptors (Lipinski definition) is 13. The van der Waals surface area contributed by atoms with Gasteiger partial charge in [-0.2, -0.15) is 0 Å². The Labute approximate surface area is 267 Å². The van der Waals surface area contributed by atoms with Gasteiger partial charge in [0.05, 0.1) is 67.9 Å². The van der Waals surface area contributed by atoms with E-state index in [2.05, 4.69) is 0 Å². The van der Waals surface area contributed by atoms with Crippen LogP contribution >= 0.6 is 0 Å². The second-order valence-corrected chi connectivity index (χ2v) is 10.2. The summed E-state index contributed by atoms with van der Waals surface area (Å²) in [6, 6.07) is 0. The summed E-state index contributed by atoms with van der Waals surface area (Å²) in [5.41, 5.74) is -4.05. The number of ether oxygens (including phenoxy) is 7. The molecule has 4 rings (SSSR count). The summed E-state index contributed by atoms with van der Waals surface area (Å²) in [5, 5.41) is 0. The van der Waals surface area contributed by atoms with Crippen molar-refractivity contribution in [2.45, 2.75) is 54.1 Å². The molecule has 0 aromatic carbocycles. The fraction of sp³-hybridized carbons (Fsp3) is 0.576. The Hall–Kier alpha value is -4.26. The van der Waals surface area contributed by atoms with Crippen LogP contribution in [0.1, 0.15) is 48.5 Å². The Morgan fingerprint density at radius 2 is 1.09 bits per heavy atom. The first-order valence-electron chi connectivity index (χ1n) is 15.6. The smallest absolute Gasteiger partial charge is 0.339 e. The van der Waals surface area contributed by atoms with Crippen LogP contribution in [0.4, 0.5) is 0 Å². The number of esters is 6.